The highest BCUT2D eigenvalue weighted by Gasteiger charge is 2.21. The predicted molar refractivity (Wildman–Crippen MR) is 53.2 cm³/mol. The van der Waals surface area contributed by atoms with Crippen molar-refractivity contribution in [1.82, 2.24) is 10.2 Å². The second-order valence-corrected chi connectivity index (χ2v) is 3.87. The molecule has 14 heavy (non-hydrogen) atoms. The molecule has 0 spiro atoms. The summed E-state index contributed by atoms with van der Waals surface area (Å²) in [6.07, 6.45) is 0. The normalized spacial score (nSPS) is 16.6. The minimum Gasteiger partial charge on any atom is -0.353 e. The van der Waals surface area contributed by atoms with Gasteiger partial charge in [0.1, 0.15) is 0 Å². The summed E-state index contributed by atoms with van der Waals surface area (Å²) >= 11 is 1.48. The van der Waals surface area contributed by atoms with Crippen molar-refractivity contribution in [3.63, 3.8) is 0 Å². The Bertz CT molecular complexity index is 348. The topological polar surface area (TPSA) is 49.4 Å². The van der Waals surface area contributed by atoms with E-state index in [1.54, 1.807) is 16.3 Å². The van der Waals surface area contributed by atoms with Crippen molar-refractivity contribution >= 4 is 23.2 Å². The molecular weight excluding hydrogens is 200 g/mol. The van der Waals surface area contributed by atoms with Gasteiger partial charge in [0.25, 0.3) is 5.91 Å². The molecule has 1 aromatic rings. The van der Waals surface area contributed by atoms with E-state index in [-0.39, 0.29) is 18.4 Å². The van der Waals surface area contributed by atoms with E-state index in [9.17, 15) is 9.59 Å². The number of carbonyl (C=O) groups is 2. The van der Waals surface area contributed by atoms with E-state index >= 15 is 0 Å². The maximum atomic E-state index is 11.8. The van der Waals surface area contributed by atoms with E-state index in [0.29, 0.717) is 18.7 Å². The van der Waals surface area contributed by atoms with Crippen LogP contribution < -0.4 is 5.32 Å². The lowest BCUT2D eigenvalue weighted by Gasteiger charge is -2.26. The fourth-order valence-corrected chi connectivity index (χ4v) is 2.01. The molecule has 1 aromatic heterocycles. The summed E-state index contributed by atoms with van der Waals surface area (Å²) < 4.78 is 0. The maximum absolute atomic E-state index is 11.8. The van der Waals surface area contributed by atoms with Crippen LogP contribution in [0.2, 0.25) is 0 Å². The molecule has 0 bridgehead atoms. The fraction of sp³-hybridized carbons (Fsp3) is 0.333. The summed E-state index contributed by atoms with van der Waals surface area (Å²) in [6, 6.07) is 1.78. The third-order valence-corrected chi connectivity index (χ3v) is 2.78. The Morgan fingerprint density at radius 1 is 1.57 bits per heavy atom. The first-order chi connectivity index (χ1) is 6.77. The van der Waals surface area contributed by atoms with E-state index in [0.717, 1.165) is 0 Å². The molecule has 2 amide bonds. The Morgan fingerprint density at radius 3 is 3.07 bits per heavy atom. The van der Waals surface area contributed by atoms with Gasteiger partial charge in [-0.1, -0.05) is 0 Å². The zero-order chi connectivity index (χ0) is 9.97. The van der Waals surface area contributed by atoms with Crippen LogP contribution in [-0.4, -0.2) is 36.3 Å². The summed E-state index contributed by atoms with van der Waals surface area (Å²) in [6.45, 7) is 1.32. The van der Waals surface area contributed by atoms with E-state index in [2.05, 4.69) is 5.32 Å². The van der Waals surface area contributed by atoms with Gasteiger partial charge >= 0.3 is 0 Å². The van der Waals surface area contributed by atoms with Crippen molar-refractivity contribution in [3.8, 4) is 0 Å². The average Bonchev–Trinajstić information content (AvgIpc) is 2.69. The second-order valence-electron chi connectivity index (χ2n) is 3.09. The SMILES string of the molecule is O=C1CN(C(=O)c2ccsc2)CCN1. The molecule has 0 aromatic carbocycles. The first-order valence-corrected chi connectivity index (χ1v) is 5.30. The smallest absolute Gasteiger partial charge is 0.255 e. The van der Waals surface area contributed by atoms with Gasteiger partial charge in [0.2, 0.25) is 5.91 Å². The second kappa shape index (κ2) is 3.79. The van der Waals surface area contributed by atoms with Crippen molar-refractivity contribution in [3.05, 3.63) is 22.4 Å². The van der Waals surface area contributed by atoms with Crippen LogP contribution in [0.5, 0.6) is 0 Å². The molecule has 0 unspecified atom stereocenters. The lowest BCUT2D eigenvalue weighted by atomic mass is 10.2. The van der Waals surface area contributed by atoms with Gasteiger partial charge in [-0.15, -0.1) is 0 Å². The summed E-state index contributed by atoms with van der Waals surface area (Å²) in [5.74, 6) is -0.138. The molecule has 0 radical (unpaired) electrons. The Hall–Kier alpha value is -1.36. The van der Waals surface area contributed by atoms with E-state index in [4.69, 9.17) is 0 Å². The molecule has 4 nitrogen and oxygen atoms in total. The van der Waals surface area contributed by atoms with Crippen molar-refractivity contribution in [2.24, 2.45) is 0 Å². The molecular formula is C9H10N2O2S. The lowest BCUT2D eigenvalue weighted by molar-refractivity contribution is -0.123. The Morgan fingerprint density at radius 2 is 2.43 bits per heavy atom. The Balaban J connectivity index is 2.08. The molecule has 5 heteroatoms. The number of nitrogens with one attached hydrogen (secondary N) is 1. The summed E-state index contributed by atoms with van der Waals surface area (Å²) in [4.78, 5) is 24.4. The molecule has 2 rings (SSSR count). The highest BCUT2D eigenvalue weighted by atomic mass is 32.1. The van der Waals surface area contributed by atoms with Crippen molar-refractivity contribution in [2.75, 3.05) is 19.6 Å². The molecule has 1 fully saturated rings. The van der Waals surface area contributed by atoms with Crippen molar-refractivity contribution < 1.29 is 9.59 Å². The molecule has 0 aliphatic carbocycles. The number of thiophene rings is 1. The van der Waals surface area contributed by atoms with Crippen LogP contribution >= 0.6 is 11.3 Å². The number of carbonyl (C=O) groups excluding carboxylic acids is 2. The van der Waals surface area contributed by atoms with Crippen molar-refractivity contribution in [2.45, 2.75) is 0 Å². The van der Waals surface area contributed by atoms with E-state index in [1.165, 1.54) is 11.3 Å². The van der Waals surface area contributed by atoms with Gasteiger partial charge in [-0.05, 0) is 11.4 Å². The number of hydrogen-bond acceptors (Lipinski definition) is 3. The van der Waals surface area contributed by atoms with Gasteiger partial charge in [-0.2, -0.15) is 11.3 Å². The third kappa shape index (κ3) is 1.77. The number of nitrogens with zero attached hydrogens (tertiary/aromatic N) is 1. The number of rotatable bonds is 1. The monoisotopic (exact) mass is 210 g/mol. The van der Waals surface area contributed by atoms with Gasteiger partial charge in [0.05, 0.1) is 12.1 Å². The minimum absolute atomic E-state index is 0.0545. The zero-order valence-corrected chi connectivity index (χ0v) is 8.34. The Kier molecular flexibility index (Phi) is 2.49. The van der Waals surface area contributed by atoms with Crippen molar-refractivity contribution in [1.29, 1.82) is 0 Å². The van der Waals surface area contributed by atoms with Crippen LogP contribution in [0.15, 0.2) is 16.8 Å². The molecule has 1 N–H and O–H groups in total. The lowest BCUT2D eigenvalue weighted by Crippen LogP contribution is -2.49. The van der Waals surface area contributed by atoms with Crippen LogP contribution in [0.3, 0.4) is 0 Å². The first kappa shape index (κ1) is 9.21. The average molecular weight is 210 g/mol. The molecule has 1 saturated heterocycles. The molecule has 2 heterocycles. The highest BCUT2D eigenvalue weighted by molar-refractivity contribution is 7.08. The largest absolute Gasteiger partial charge is 0.353 e. The van der Waals surface area contributed by atoms with Crippen LogP contribution in [-0.2, 0) is 4.79 Å². The van der Waals surface area contributed by atoms with Gasteiger partial charge in [-0.3, -0.25) is 9.59 Å². The van der Waals surface area contributed by atoms with Crippen LogP contribution in [0.25, 0.3) is 0 Å². The third-order valence-electron chi connectivity index (χ3n) is 2.09. The quantitative estimate of drug-likeness (QED) is 0.725. The molecule has 74 valence electrons. The fourth-order valence-electron chi connectivity index (χ4n) is 1.38. The highest BCUT2D eigenvalue weighted by Crippen LogP contribution is 2.10. The first-order valence-electron chi connectivity index (χ1n) is 4.35. The molecule has 1 aliphatic rings. The van der Waals surface area contributed by atoms with Crippen LogP contribution in [0.1, 0.15) is 10.4 Å². The van der Waals surface area contributed by atoms with Crippen LogP contribution in [0.4, 0.5) is 0 Å². The summed E-state index contributed by atoms with van der Waals surface area (Å²) in [7, 11) is 0. The predicted octanol–water partition coefficient (Wildman–Crippen LogP) is 0.320. The maximum Gasteiger partial charge on any atom is 0.255 e. The van der Waals surface area contributed by atoms with Gasteiger partial charge in [0, 0.05) is 18.5 Å². The minimum atomic E-state index is -0.0835. The summed E-state index contributed by atoms with van der Waals surface area (Å²) in [5.41, 5.74) is 0.671. The number of hydrogen-bond donors (Lipinski definition) is 1. The summed E-state index contributed by atoms with van der Waals surface area (Å²) in [5, 5.41) is 6.34. The van der Waals surface area contributed by atoms with E-state index in [1.807, 2.05) is 5.38 Å². The Labute approximate surface area is 85.5 Å². The van der Waals surface area contributed by atoms with Crippen LogP contribution in [0, 0.1) is 0 Å². The number of amides is 2. The van der Waals surface area contributed by atoms with E-state index < -0.39 is 0 Å². The van der Waals surface area contributed by atoms with Gasteiger partial charge in [-0.25, -0.2) is 0 Å². The molecule has 1 aliphatic heterocycles. The standard InChI is InChI=1S/C9H10N2O2S/c12-8-5-11(3-2-10-8)9(13)7-1-4-14-6-7/h1,4,6H,2-3,5H2,(H,10,12). The van der Waals surface area contributed by atoms with Gasteiger partial charge in [0.15, 0.2) is 0 Å². The number of piperazine rings is 1. The molecule has 0 saturated carbocycles. The molecule has 0 atom stereocenters. The zero-order valence-electron chi connectivity index (χ0n) is 7.53. The van der Waals surface area contributed by atoms with Gasteiger partial charge < -0.3 is 10.2 Å².